The molecule has 0 aliphatic heterocycles. The van der Waals surface area contributed by atoms with Crippen LogP contribution in [-0.2, 0) is 7.05 Å². The van der Waals surface area contributed by atoms with Crippen molar-refractivity contribution in [3.05, 3.63) is 49.3 Å². The number of nitrogen functional groups attached to an aromatic ring is 2. The standard InChI is InChI=1S/C18H11BrFN7O3S/c1-27-13(18(29)30-26-27)10-7(5-21)15(23)25-17-11(10)12(22)14(31-17)16(28)24-9-3-2-6(19)4-8(9)20/h2-4H,1H3,(H5-,22,23,24,25,26,28,29)/p+1. The van der Waals surface area contributed by atoms with Crippen molar-refractivity contribution < 1.29 is 18.4 Å². The van der Waals surface area contributed by atoms with E-state index in [0.29, 0.717) is 4.47 Å². The van der Waals surface area contributed by atoms with Gasteiger partial charge >= 0.3 is 11.3 Å². The fourth-order valence-electron chi connectivity index (χ4n) is 3.07. The molecular weight excluding hydrogens is 493 g/mol. The molecule has 0 aliphatic rings. The number of nitrogens with two attached hydrogens (primary N) is 2. The van der Waals surface area contributed by atoms with Crippen LogP contribution in [0.5, 0.6) is 0 Å². The number of aryl methyl sites for hydroxylation is 1. The van der Waals surface area contributed by atoms with Crippen LogP contribution in [-0.4, -0.2) is 16.2 Å². The molecule has 4 rings (SSSR count). The van der Waals surface area contributed by atoms with Crippen LogP contribution in [0.3, 0.4) is 0 Å². The Balaban J connectivity index is 1.93. The monoisotopic (exact) mass is 504 g/mol. The minimum atomic E-state index is -0.764. The third-order valence-electron chi connectivity index (χ3n) is 4.44. The molecule has 0 atom stereocenters. The van der Waals surface area contributed by atoms with Crippen molar-refractivity contribution >= 4 is 60.6 Å². The van der Waals surface area contributed by atoms with Gasteiger partial charge in [0.15, 0.2) is 7.05 Å². The van der Waals surface area contributed by atoms with Crippen molar-refractivity contribution in [2.24, 2.45) is 7.05 Å². The first-order valence-corrected chi connectivity index (χ1v) is 10.1. The number of rotatable bonds is 3. The highest BCUT2D eigenvalue weighted by atomic mass is 79.9. The summed E-state index contributed by atoms with van der Waals surface area (Å²) in [5.41, 5.74) is 11.3. The number of anilines is 3. The number of carbonyl (C=O) groups is 1. The van der Waals surface area contributed by atoms with Crippen LogP contribution in [0, 0.1) is 17.1 Å². The lowest BCUT2D eigenvalue weighted by molar-refractivity contribution is -0.730. The number of thiophene rings is 1. The zero-order valence-corrected chi connectivity index (χ0v) is 18.0. The van der Waals surface area contributed by atoms with Crippen molar-refractivity contribution in [2.75, 3.05) is 16.8 Å². The Morgan fingerprint density at radius 2 is 2.19 bits per heavy atom. The van der Waals surface area contributed by atoms with E-state index in [-0.39, 0.29) is 49.1 Å². The summed E-state index contributed by atoms with van der Waals surface area (Å²) in [6.45, 7) is 0. The Bertz CT molecular complexity index is 1480. The zero-order valence-electron chi connectivity index (χ0n) is 15.6. The number of halogens is 2. The van der Waals surface area contributed by atoms with Crippen LogP contribution in [0.25, 0.3) is 21.5 Å². The molecule has 0 radical (unpaired) electrons. The van der Waals surface area contributed by atoms with E-state index in [1.807, 2.05) is 6.07 Å². The van der Waals surface area contributed by atoms with Gasteiger partial charge in [0.2, 0.25) is 0 Å². The molecule has 0 unspecified atom stereocenters. The number of fused-ring (bicyclic) bond motifs is 1. The van der Waals surface area contributed by atoms with Crippen molar-refractivity contribution in [1.82, 2.24) is 10.3 Å². The van der Waals surface area contributed by atoms with Gasteiger partial charge in [0, 0.05) is 4.47 Å². The van der Waals surface area contributed by atoms with Crippen LogP contribution in [0.1, 0.15) is 15.2 Å². The molecule has 0 spiro atoms. The molecule has 0 saturated carbocycles. The summed E-state index contributed by atoms with van der Waals surface area (Å²) in [7, 11) is 1.50. The number of nitrogens with zero attached hydrogens (tertiary/aromatic N) is 3. The quantitative estimate of drug-likeness (QED) is 0.310. The Morgan fingerprint density at radius 3 is 2.81 bits per heavy atom. The fourth-order valence-corrected chi connectivity index (χ4v) is 4.41. The van der Waals surface area contributed by atoms with Crippen LogP contribution in [0.4, 0.5) is 21.6 Å². The Kier molecular flexibility index (Phi) is 4.96. The molecule has 6 N–H and O–H groups in total. The van der Waals surface area contributed by atoms with Gasteiger partial charge < -0.3 is 16.8 Å². The van der Waals surface area contributed by atoms with E-state index in [0.717, 1.165) is 11.3 Å². The number of hydrogen-bond donors (Lipinski definition) is 4. The number of aromatic amines is 1. The minimum Gasteiger partial charge on any atom is -0.397 e. The smallest absolute Gasteiger partial charge is 0.397 e. The maximum atomic E-state index is 14.1. The highest BCUT2D eigenvalue weighted by Crippen LogP contribution is 2.41. The Labute approximate surface area is 185 Å². The second-order valence-corrected chi connectivity index (χ2v) is 8.27. The predicted molar refractivity (Wildman–Crippen MR) is 115 cm³/mol. The molecule has 10 nitrogen and oxygen atoms in total. The van der Waals surface area contributed by atoms with Gasteiger partial charge in [-0.1, -0.05) is 20.6 Å². The second kappa shape index (κ2) is 7.49. The molecule has 31 heavy (non-hydrogen) atoms. The molecule has 1 amide bonds. The third-order valence-corrected chi connectivity index (χ3v) is 6.03. The number of pyridine rings is 1. The topological polar surface area (TPSA) is 168 Å². The number of aromatic nitrogens is 3. The van der Waals surface area contributed by atoms with Gasteiger partial charge in [0.1, 0.15) is 33.0 Å². The first-order valence-electron chi connectivity index (χ1n) is 8.48. The maximum absolute atomic E-state index is 14.1. The van der Waals surface area contributed by atoms with Gasteiger partial charge in [0.25, 0.3) is 5.91 Å². The van der Waals surface area contributed by atoms with E-state index in [4.69, 9.17) is 16.0 Å². The van der Waals surface area contributed by atoms with Gasteiger partial charge in [-0.05, 0) is 23.5 Å². The molecule has 13 heteroatoms. The van der Waals surface area contributed by atoms with Crippen molar-refractivity contribution in [1.29, 1.82) is 5.26 Å². The summed E-state index contributed by atoms with van der Waals surface area (Å²) in [6, 6.07) is 6.08. The van der Waals surface area contributed by atoms with Crippen LogP contribution in [0.15, 0.2) is 32.0 Å². The van der Waals surface area contributed by atoms with E-state index in [2.05, 4.69) is 31.5 Å². The number of benzene rings is 1. The molecule has 1 aromatic carbocycles. The number of nitrogens with one attached hydrogen (secondary N) is 2. The van der Waals surface area contributed by atoms with Crippen molar-refractivity contribution in [3.8, 4) is 17.3 Å². The van der Waals surface area contributed by atoms with Crippen LogP contribution >= 0.6 is 27.3 Å². The minimum absolute atomic E-state index is 0.0168. The highest BCUT2D eigenvalue weighted by molar-refractivity contribution is 9.10. The predicted octanol–water partition coefficient (Wildman–Crippen LogP) is 2.26. The average Bonchev–Trinajstić information content (AvgIpc) is 3.22. The van der Waals surface area contributed by atoms with Crippen molar-refractivity contribution in [2.45, 2.75) is 0 Å². The number of H-pyrrole nitrogens is 1. The Hall–Kier alpha value is -3.76. The van der Waals surface area contributed by atoms with E-state index in [9.17, 15) is 19.2 Å². The van der Waals surface area contributed by atoms with Gasteiger partial charge in [-0.3, -0.25) is 9.32 Å². The molecule has 0 fully saturated rings. The van der Waals surface area contributed by atoms with Crippen molar-refractivity contribution in [3.63, 3.8) is 0 Å². The SMILES string of the molecule is C[n+]1[nH]oc(=O)c1-c1c(C#N)c(N)nc2sc(C(=O)Nc3ccc(Br)cc3F)c(N)c12. The molecule has 3 heterocycles. The van der Waals surface area contributed by atoms with E-state index >= 15 is 0 Å². The first kappa shape index (κ1) is 20.5. The summed E-state index contributed by atoms with van der Waals surface area (Å²) in [5.74, 6) is -1.47. The zero-order chi connectivity index (χ0) is 22.4. The van der Waals surface area contributed by atoms with Gasteiger partial charge in [-0.25, -0.2) is 14.2 Å². The summed E-state index contributed by atoms with van der Waals surface area (Å²) in [6.07, 6.45) is 0. The van der Waals surface area contributed by atoms with Gasteiger partial charge in [0.05, 0.1) is 22.3 Å². The number of hydrogen-bond acceptors (Lipinski definition) is 8. The molecule has 0 aliphatic carbocycles. The van der Waals surface area contributed by atoms with Crippen LogP contribution in [0.2, 0.25) is 0 Å². The number of amides is 1. The first-order chi connectivity index (χ1) is 14.7. The number of carbonyl (C=O) groups excluding carboxylic acids is 1. The average molecular weight is 505 g/mol. The molecule has 4 aromatic rings. The summed E-state index contributed by atoms with van der Waals surface area (Å²) in [5, 5.41) is 14.6. The molecule has 3 aromatic heterocycles. The van der Waals surface area contributed by atoms with Gasteiger partial charge in [-0.2, -0.15) is 5.26 Å². The lowest BCUT2D eigenvalue weighted by Gasteiger charge is -2.06. The Morgan fingerprint density at radius 1 is 1.45 bits per heavy atom. The summed E-state index contributed by atoms with van der Waals surface area (Å²) >= 11 is 4.04. The molecule has 0 saturated heterocycles. The second-order valence-electron chi connectivity index (χ2n) is 6.35. The summed E-state index contributed by atoms with van der Waals surface area (Å²) < 4.78 is 20.7. The van der Waals surface area contributed by atoms with E-state index in [1.165, 1.54) is 23.9 Å². The van der Waals surface area contributed by atoms with E-state index < -0.39 is 17.3 Å². The lowest BCUT2D eigenvalue weighted by Crippen LogP contribution is -2.34. The highest BCUT2D eigenvalue weighted by Gasteiger charge is 2.32. The van der Waals surface area contributed by atoms with E-state index in [1.54, 1.807) is 6.07 Å². The third kappa shape index (κ3) is 3.31. The largest absolute Gasteiger partial charge is 0.435 e. The maximum Gasteiger partial charge on any atom is 0.435 e. The molecule has 156 valence electrons. The lowest BCUT2D eigenvalue weighted by atomic mass is 10.0. The molecular formula is C18H12BrFN7O3S+. The normalized spacial score (nSPS) is 10.9. The summed E-state index contributed by atoms with van der Waals surface area (Å²) in [4.78, 5) is 29.5. The van der Waals surface area contributed by atoms with Gasteiger partial charge in [-0.15, -0.1) is 11.3 Å². The molecule has 0 bridgehead atoms. The van der Waals surface area contributed by atoms with Crippen LogP contribution < -0.4 is 27.1 Å². The fraction of sp³-hybridized carbons (Fsp3) is 0.0556. The number of nitriles is 1.